The topological polar surface area (TPSA) is 40.4 Å². The van der Waals surface area contributed by atoms with Crippen molar-refractivity contribution in [3.63, 3.8) is 0 Å². The minimum atomic E-state index is 0.512. The van der Waals surface area contributed by atoms with Crippen LogP contribution in [0.1, 0.15) is 37.9 Å². The maximum atomic E-state index is 5.52. The van der Waals surface area contributed by atoms with E-state index < -0.39 is 0 Å². The molecule has 2 fully saturated rings. The molecular formula is C15H23N3OS. The van der Waals surface area contributed by atoms with Crippen molar-refractivity contribution < 1.29 is 4.42 Å². The van der Waals surface area contributed by atoms with Crippen LogP contribution in [0.25, 0.3) is 0 Å². The predicted molar refractivity (Wildman–Crippen MR) is 83.5 cm³/mol. The van der Waals surface area contributed by atoms with Crippen LogP contribution in [0.2, 0.25) is 0 Å². The number of nitrogens with zero attached hydrogens (tertiary/aromatic N) is 1. The average molecular weight is 293 g/mol. The van der Waals surface area contributed by atoms with E-state index in [1.165, 1.54) is 32.1 Å². The number of hydrogen-bond acceptors (Lipinski definition) is 3. The molecule has 2 aliphatic heterocycles. The first kappa shape index (κ1) is 13.9. The first-order valence-electron chi connectivity index (χ1n) is 7.52. The molecule has 2 aliphatic rings. The summed E-state index contributed by atoms with van der Waals surface area (Å²) in [7, 11) is 1.88. The first-order valence-corrected chi connectivity index (χ1v) is 7.93. The molecule has 0 spiro atoms. The van der Waals surface area contributed by atoms with Gasteiger partial charge < -0.3 is 15.1 Å². The lowest BCUT2D eigenvalue weighted by Crippen LogP contribution is -2.57. The molecule has 2 saturated heterocycles. The van der Waals surface area contributed by atoms with Crippen LogP contribution in [-0.2, 0) is 6.54 Å². The average Bonchev–Trinajstić information content (AvgIpc) is 2.92. The third kappa shape index (κ3) is 2.99. The second-order valence-corrected chi connectivity index (χ2v) is 6.29. The zero-order chi connectivity index (χ0) is 13.9. The highest BCUT2D eigenvalue weighted by Crippen LogP contribution is 2.35. The van der Waals surface area contributed by atoms with Crippen LogP contribution in [0.15, 0.2) is 22.8 Å². The number of fused-ring (bicyclic) bond motifs is 2. The van der Waals surface area contributed by atoms with E-state index in [1.54, 1.807) is 6.26 Å². The van der Waals surface area contributed by atoms with Crippen molar-refractivity contribution in [1.82, 2.24) is 15.5 Å². The molecule has 2 N–H and O–H groups in total. The van der Waals surface area contributed by atoms with Crippen LogP contribution in [0, 0.1) is 0 Å². The van der Waals surface area contributed by atoms with Crippen molar-refractivity contribution in [3.05, 3.63) is 24.2 Å². The zero-order valence-electron chi connectivity index (χ0n) is 12.0. The van der Waals surface area contributed by atoms with Crippen molar-refractivity contribution in [3.8, 4) is 0 Å². The highest BCUT2D eigenvalue weighted by molar-refractivity contribution is 7.80. The molecule has 4 nitrogen and oxygen atoms in total. The molecule has 0 saturated carbocycles. The zero-order valence-corrected chi connectivity index (χ0v) is 12.8. The van der Waals surface area contributed by atoms with Gasteiger partial charge in [-0.2, -0.15) is 0 Å². The standard InChI is InChI=1S/C15H23N3OS/c1-16-15(20)17-11-8-12-4-2-5-13(9-11)18(12)10-14-6-3-7-19-14/h3,6-7,11-13H,2,4-5,8-10H2,1H3,(H2,16,17,20)/t11?,12-,13+. The molecule has 0 amide bonds. The van der Waals surface area contributed by atoms with Gasteiger partial charge in [-0.15, -0.1) is 0 Å². The van der Waals surface area contributed by atoms with Gasteiger partial charge >= 0.3 is 0 Å². The molecule has 0 aromatic carbocycles. The maximum absolute atomic E-state index is 5.52. The summed E-state index contributed by atoms with van der Waals surface area (Å²) < 4.78 is 5.52. The minimum Gasteiger partial charge on any atom is -0.468 e. The van der Waals surface area contributed by atoms with Crippen LogP contribution in [0.3, 0.4) is 0 Å². The Morgan fingerprint density at radius 3 is 2.75 bits per heavy atom. The second kappa shape index (κ2) is 6.14. The van der Waals surface area contributed by atoms with E-state index in [4.69, 9.17) is 16.6 Å². The van der Waals surface area contributed by atoms with Gasteiger partial charge in [0.05, 0.1) is 12.8 Å². The Morgan fingerprint density at radius 1 is 1.40 bits per heavy atom. The molecule has 1 aromatic heterocycles. The third-order valence-electron chi connectivity index (χ3n) is 4.61. The summed E-state index contributed by atoms with van der Waals surface area (Å²) in [6.45, 7) is 0.950. The summed E-state index contributed by atoms with van der Waals surface area (Å²) in [5.41, 5.74) is 0. The number of nitrogens with one attached hydrogen (secondary N) is 2. The van der Waals surface area contributed by atoms with E-state index >= 15 is 0 Å². The summed E-state index contributed by atoms with van der Waals surface area (Å²) in [5, 5.41) is 7.23. The van der Waals surface area contributed by atoms with E-state index in [0.717, 1.165) is 17.4 Å². The fourth-order valence-corrected chi connectivity index (χ4v) is 3.86. The molecule has 0 aliphatic carbocycles. The Kier molecular flexibility index (Phi) is 4.27. The molecular weight excluding hydrogens is 270 g/mol. The Balaban J connectivity index is 1.65. The van der Waals surface area contributed by atoms with E-state index in [2.05, 4.69) is 21.6 Å². The quantitative estimate of drug-likeness (QED) is 0.837. The Hall–Kier alpha value is -1.07. The molecule has 3 atom stereocenters. The van der Waals surface area contributed by atoms with Gasteiger partial charge in [0, 0.05) is 25.2 Å². The molecule has 5 heteroatoms. The van der Waals surface area contributed by atoms with E-state index in [9.17, 15) is 0 Å². The van der Waals surface area contributed by atoms with Crippen molar-refractivity contribution >= 4 is 17.3 Å². The molecule has 3 rings (SSSR count). The van der Waals surface area contributed by atoms with Gasteiger partial charge in [0.25, 0.3) is 0 Å². The van der Waals surface area contributed by atoms with Gasteiger partial charge in [-0.1, -0.05) is 6.42 Å². The largest absolute Gasteiger partial charge is 0.468 e. The minimum absolute atomic E-state index is 0.512. The van der Waals surface area contributed by atoms with Crippen molar-refractivity contribution in [2.75, 3.05) is 7.05 Å². The van der Waals surface area contributed by atoms with E-state index in [0.29, 0.717) is 18.1 Å². The van der Waals surface area contributed by atoms with Gasteiger partial charge in [-0.05, 0) is 50.0 Å². The Bertz CT molecular complexity index is 434. The Morgan fingerprint density at radius 2 is 2.15 bits per heavy atom. The molecule has 1 unspecified atom stereocenters. The van der Waals surface area contributed by atoms with E-state index in [-0.39, 0.29) is 0 Å². The lowest BCUT2D eigenvalue weighted by Gasteiger charge is -2.48. The lowest BCUT2D eigenvalue weighted by atomic mass is 9.81. The molecule has 1 aromatic rings. The third-order valence-corrected chi connectivity index (χ3v) is 4.93. The summed E-state index contributed by atoms with van der Waals surface area (Å²) in [4.78, 5) is 2.64. The number of furan rings is 1. The van der Waals surface area contributed by atoms with Crippen LogP contribution in [0.5, 0.6) is 0 Å². The van der Waals surface area contributed by atoms with Crippen molar-refractivity contribution in [2.45, 2.75) is 56.8 Å². The molecule has 110 valence electrons. The highest BCUT2D eigenvalue weighted by Gasteiger charge is 2.38. The second-order valence-electron chi connectivity index (χ2n) is 5.88. The number of piperidine rings is 2. The predicted octanol–water partition coefficient (Wildman–Crippen LogP) is 2.26. The van der Waals surface area contributed by atoms with Crippen LogP contribution >= 0.6 is 12.2 Å². The number of rotatable bonds is 3. The summed E-state index contributed by atoms with van der Waals surface area (Å²) in [6, 6.07) is 5.88. The van der Waals surface area contributed by atoms with Gasteiger partial charge in [0.15, 0.2) is 5.11 Å². The van der Waals surface area contributed by atoms with Crippen LogP contribution in [0.4, 0.5) is 0 Å². The normalized spacial score (nSPS) is 29.9. The number of thiocarbonyl (C=S) groups is 1. The summed E-state index contributed by atoms with van der Waals surface area (Å²) in [5.74, 6) is 1.08. The summed E-state index contributed by atoms with van der Waals surface area (Å²) in [6.07, 6.45) is 8.07. The number of hydrogen-bond donors (Lipinski definition) is 2. The lowest BCUT2D eigenvalue weighted by molar-refractivity contribution is 0.0160. The maximum Gasteiger partial charge on any atom is 0.166 e. The van der Waals surface area contributed by atoms with Gasteiger partial charge in [0.1, 0.15) is 5.76 Å². The fraction of sp³-hybridized carbons (Fsp3) is 0.667. The first-order chi connectivity index (χ1) is 9.76. The van der Waals surface area contributed by atoms with Crippen LogP contribution in [-0.4, -0.2) is 35.2 Å². The fourth-order valence-electron chi connectivity index (χ4n) is 3.69. The summed E-state index contributed by atoms with van der Waals surface area (Å²) >= 11 is 5.24. The van der Waals surface area contributed by atoms with E-state index in [1.807, 2.05) is 13.1 Å². The molecule has 20 heavy (non-hydrogen) atoms. The molecule has 3 heterocycles. The van der Waals surface area contributed by atoms with Gasteiger partial charge in [-0.25, -0.2) is 0 Å². The van der Waals surface area contributed by atoms with Gasteiger partial charge in [0.2, 0.25) is 0 Å². The smallest absolute Gasteiger partial charge is 0.166 e. The van der Waals surface area contributed by atoms with Crippen LogP contribution < -0.4 is 10.6 Å². The van der Waals surface area contributed by atoms with Crippen molar-refractivity contribution in [1.29, 1.82) is 0 Å². The Labute approximate surface area is 125 Å². The molecule has 2 bridgehead atoms. The SMILES string of the molecule is CNC(=S)NC1C[C@H]2CCC[C@@H](C1)N2Cc1ccco1. The molecule has 0 radical (unpaired) electrons. The van der Waals surface area contributed by atoms with Gasteiger partial charge in [-0.3, -0.25) is 4.90 Å². The van der Waals surface area contributed by atoms with Crippen molar-refractivity contribution in [2.24, 2.45) is 0 Å². The highest BCUT2D eigenvalue weighted by atomic mass is 32.1. The monoisotopic (exact) mass is 293 g/mol.